The number of nitrogens with one attached hydrogen (secondary N) is 1. The van der Waals surface area contributed by atoms with Crippen molar-refractivity contribution in [3.8, 4) is 0 Å². The molecule has 0 saturated carbocycles. The number of fused-ring (bicyclic) bond motifs is 1. The second kappa shape index (κ2) is 6.25. The zero-order valence-electron chi connectivity index (χ0n) is 12.8. The number of benzene rings is 1. The number of rotatable bonds is 4. The van der Waals surface area contributed by atoms with E-state index < -0.39 is 0 Å². The van der Waals surface area contributed by atoms with Gasteiger partial charge in [0.2, 0.25) is 0 Å². The van der Waals surface area contributed by atoms with Crippen molar-refractivity contribution >= 4 is 0 Å². The highest BCUT2D eigenvalue weighted by molar-refractivity contribution is 5.20. The first kappa shape index (κ1) is 14.1. The van der Waals surface area contributed by atoms with Crippen LogP contribution < -0.4 is 5.32 Å². The maximum atomic E-state index is 3.39. The summed E-state index contributed by atoms with van der Waals surface area (Å²) < 4.78 is 0. The van der Waals surface area contributed by atoms with Gasteiger partial charge in [-0.05, 0) is 38.9 Å². The van der Waals surface area contributed by atoms with Crippen LogP contribution in [0.5, 0.6) is 0 Å². The Bertz CT molecular complexity index is 420. The van der Waals surface area contributed by atoms with Crippen molar-refractivity contribution in [2.45, 2.75) is 37.9 Å². The van der Waals surface area contributed by atoms with Crippen LogP contribution in [0.4, 0.5) is 0 Å². The molecule has 0 aromatic heterocycles. The lowest BCUT2D eigenvalue weighted by molar-refractivity contribution is 0.0276. The largest absolute Gasteiger partial charge is 0.318 e. The van der Waals surface area contributed by atoms with Gasteiger partial charge in [0.25, 0.3) is 0 Å². The summed E-state index contributed by atoms with van der Waals surface area (Å²) in [4.78, 5) is 5.42. The molecule has 1 N–H and O–H groups in total. The zero-order chi connectivity index (χ0) is 13.9. The van der Waals surface area contributed by atoms with E-state index in [0.717, 1.165) is 12.6 Å². The fourth-order valence-corrected chi connectivity index (χ4v) is 3.94. The van der Waals surface area contributed by atoms with Crippen LogP contribution in [-0.4, -0.2) is 55.1 Å². The molecular weight excluding hydrogens is 246 g/mol. The van der Waals surface area contributed by atoms with Crippen molar-refractivity contribution in [1.82, 2.24) is 15.1 Å². The molecule has 3 nitrogen and oxygen atoms in total. The van der Waals surface area contributed by atoms with Crippen LogP contribution in [0.1, 0.15) is 31.4 Å². The van der Waals surface area contributed by atoms with E-state index >= 15 is 0 Å². The van der Waals surface area contributed by atoms with Crippen molar-refractivity contribution in [3.05, 3.63) is 35.9 Å². The first-order valence-electron chi connectivity index (χ1n) is 7.99. The number of nitrogens with zero attached hydrogens (tertiary/aromatic N) is 2. The molecule has 2 heterocycles. The molecule has 0 amide bonds. The van der Waals surface area contributed by atoms with E-state index in [1.807, 2.05) is 0 Å². The maximum absolute atomic E-state index is 3.39. The molecule has 3 rings (SSSR count). The van der Waals surface area contributed by atoms with E-state index in [4.69, 9.17) is 0 Å². The van der Waals surface area contributed by atoms with Crippen LogP contribution in [0, 0.1) is 0 Å². The SMILES string of the molecule is CNCC(c1ccccc1)N1CC2CCCN2CC1C. The first-order chi connectivity index (χ1) is 9.79. The normalized spacial score (nSPS) is 29.3. The lowest BCUT2D eigenvalue weighted by Gasteiger charge is -2.46. The molecule has 20 heavy (non-hydrogen) atoms. The number of hydrogen-bond acceptors (Lipinski definition) is 3. The van der Waals surface area contributed by atoms with Gasteiger partial charge in [0.15, 0.2) is 0 Å². The quantitative estimate of drug-likeness (QED) is 0.906. The molecule has 0 bridgehead atoms. The van der Waals surface area contributed by atoms with Crippen molar-refractivity contribution in [3.63, 3.8) is 0 Å². The van der Waals surface area contributed by atoms with Gasteiger partial charge in [0, 0.05) is 37.8 Å². The Morgan fingerprint density at radius 2 is 2.05 bits per heavy atom. The van der Waals surface area contributed by atoms with Crippen LogP contribution in [0.25, 0.3) is 0 Å². The smallest absolute Gasteiger partial charge is 0.0476 e. The Balaban J connectivity index is 1.80. The minimum Gasteiger partial charge on any atom is -0.318 e. The average Bonchev–Trinajstić information content (AvgIpc) is 2.92. The second-order valence-electron chi connectivity index (χ2n) is 6.32. The van der Waals surface area contributed by atoms with Crippen LogP contribution in [0.2, 0.25) is 0 Å². The van der Waals surface area contributed by atoms with Crippen molar-refractivity contribution in [2.75, 3.05) is 33.2 Å². The van der Waals surface area contributed by atoms with Gasteiger partial charge in [-0.2, -0.15) is 0 Å². The van der Waals surface area contributed by atoms with E-state index in [0.29, 0.717) is 12.1 Å². The molecule has 2 aliphatic heterocycles. The van der Waals surface area contributed by atoms with Crippen molar-refractivity contribution < 1.29 is 0 Å². The van der Waals surface area contributed by atoms with Gasteiger partial charge >= 0.3 is 0 Å². The van der Waals surface area contributed by atoms with Gasteiger partial charge in [-0.15, -0.1) is 0 Å². The standard InChI is InChI=1S/C17H27N3/c1-14-12-19-10-6-9-16(19)13-20(14)17(11-18-2)15-7-4-3-5-8-15/h3-5,7-8,14,16-18H,6,9-13H2,1-2H3. The summed E-state index contributed by atoms with van der Waals surface area (Å²) in [6, 6.07) is 12.9. The molecule has 1 aromatic rings. The topological polar surface area (TPSA) is 18.5 Å². The Hall–Kier alpha value is -0.900. The molecule has 3 unspecified atom stereocenters. The minimum absolute atomic E-state index is 0.499. The summed E-state index contributed by atoms with van der Waals surface area (Å²) in [5, 5.41) is 3.39. The third-order valence-electron chi connectivity index (χ3n) is 4.97. The number of likely N-dealkylation sites (N-methyl/N-ethyl adjacent to an activating group) is 1. The van der Waals surface area contributed by atoms with E-state index in [-0.39, 0.29) is 0 Å². The maximum Gasteiger partial charge on any atom is 0.0476 e. The minimum atomic E-state index is 0.499. The summed E-state index contributed by atoms with van der Waals surface area (Å²) in [5.41, 5.74) is 1.44. The highest BCUT2D eigenvalue weighted by Crippen LogP contribution is 2.30. The predicted octanol–water partition coefficient (Wildman–Crippen LogP) is 2.12. The highest BCUT2D eigenvalue weighted by Gasteiger charge is 2.37. The Kier molecular flexibility index (Phi) is 4.39. The van der Waals surface area contributed by atoms with Crippen LogP contribution >= 0.6 is 0 Å². The van der Waals surface area contributed by atoms with E-state index in [2.05, 4.69) is 59.4 Å². The predicted molar refractivity (Wildman–Crippen MR) is 83.9 cm³/mol. The fourth-order valence-electron chi connectivity index (χ4n) is 3.94. The van der Waals surface area contributed by atoms with Crippen LogP contribution in [-0.2, 0) is 0 Å². The van der Waals surface area contributed by atoms with E-state index in [9.17, 15) is 0 Å². The third-order valence-corrected chi connectivity index (χ3v) is 4.97. The van der Waals surface area contributed by atoms with E-state index in [1.54, 1.807) is 0 Å². The van der Waals surface area contributed by atoms with Crippen LogP contribution in [0.3, 0.4) is 0 Å². The van der Waals surface area contributed by atoms with Crippen molar-refractivity contribution in [1.29, 1.82) is 0 Å². The molecule has 2 saturated heterocycles. The molecule has 110 valence electrons. The summed E-state index contributed by atoms with van der Waals surface area (Å²) in [6.07, 6.45) is 2.76. The van der Waals surface area contributed by atoms with Gasteiger partial charge in [-0.1, -0.05) is 30.3 Å². The van der Waals surface area contributed by atoms with Gasteiger partial charge in [-0.25, -0.2) is 0 Å². The molecule has 3 heteroatoms. The lowest BCUT2D eigenvalue weighted by atomic mass is 9.99. The number of piperazine rings is 1. The van der Waals surface area contributed by atoms with Crippen LogP contribution in [0.15, 0.2) is 30.3 Å². The summed E-state index contributed by atoms with van der Waals surface area (Å²) in [6.45, 7) is 7.19. The molecule has 1 aromatic carbocycles. The van der Waals surface area contributed by atoms with Gasteiger partial charge in [0.1, 0.15) is 0 Å². The van der Waals surface area contributed by atoms with Gasteiger partial charge < -0.3 is 5.32 Å². The van der Waals surface area contributed by atoms with Crippen molar-refractivity contribution in [2.24, 2.45) is 0 Å². The molecule has 0 radical (unpaired) electrons. The first-order valence-corrected chi connectivity index (χ1v) is 7.99. The molecule has 0 aliphatic carbocycles. The summed E-state index contributed by atoms with van der Waals surface area (Å²) >= 11 is 0. The summed E-state index contributed by atoms with van der Waals surface area (Å²) in [7, 11) is 2.06. The summed E-state index contributed by atoms with van der Waals surface area (Å²) in [5.74, 6) is 0. The fraction of sp³-hybridized carbons (Fsp3) is 0.647. The molecule has 0 spiro atoms. The second-order valence-corrected chi connectivity index (χ2v) is 6.32. The molecule has 3 atom stereocenters. The average molecular weight is 273 g/mol. The monoisotopic (exact) mass is 273 g/mol. The number of hydrogen-bond donors (Lipinski definition) is 1. The zero-order valence-corrected chi connectivity index (χ0v) is 12.8. The molecular formula is C17H27N3. The highest BCUT2D eigenvalue weighted by atomic mass is 15.3. The third kappa shape index (κ3) is 2.76. The Morgan fingerprint density at radius 3 is 2.80 bits per heavy atom. The Labute approximate surface area is 123 Å². The van der Waals surface area contributed by atoms with E-state index in [1.165, 1.54) is 38.0 Å². The molecule has 2 aliphatic rings. The molecule has 2 fully saturated rings. The lowest BCUT2D eigenvalue weighted by Crippen LogP contribution is -2.56. The van der Waals surface area contributed by atoms with Gasteiger partial charge in [0.05, 0.1) is 0 Å². The Morgan fingerprint density at radius 1 is 1.25 bits per heavy atom. The van der Waals surface area contributed by atoms with Gasteiger partial charge in [-0.3, -0.25) is 9.80 Å².